The summed E-state index contributed by atoms with van der Waals surface area (Å²) in [7, 11) is 0. The molecule has 0 bridgehead atoms. The number of hydrogen-bond donors (Lipinski definition) is 3. The second kappa shape index (κ2) is 9.02. The van der Waals surface area contributed by atoms with E-state index in [1.807, 2.05) is 42.5 Å². The highest BCUT2D eigenvalue weighted by atomic mass is 35.5. The largest absolute Gasteiger partial charge is 0.381 e. The fourth-order valence-electron chi connectivity index (χ4n) is 4.26. The number of hydrogen-bond acceptors (Lipinski definition) is 4. The average Bonchev–Trinajstić information content (AvgIpc) is 3.23. The van der Waals surface area contributed by atoms with E-state index in [0.717, 1.165) is 24.0 Å². The Kier molecular flexibility index (Phi) is 6.42. The number of rotatable bonds is 5. The first-order valence-electron chi connectivity index (χ1n) is 9.93. The molecule has 2 aliphatic rings. The van der Waals surface area contributed by atoms with Gasteiger partial charge in [-0.2, -0.15) is 0 Å². The Labute approximate surface area is 181 Å². The molecule has 2 aromatic carbocycles. The molecular weight excluding hydrogens is 409 g/mol. The van der Waals surface area contributed by atoms with Gasteiger partial charge in [0.1, 0.15) is 0 Å². The molecule has 0 spiro atoms. The zero-order chi connectivity index (χ0) is 20.3. The zero-order valence-electron chi connectivity index (χ0n) is 16.1. The zero-order valence-corrected chi connectivity index (χ0v) is 17.6. The van der Waals surface area contributed by atoms with Crippen LogP contribution in [-0.4, -0.2) is 32.2 Å². The minimum atomic E-state index is -0.201. The highest BCUT2D eigenvalue weighted by molar-refractivity contribution is 6.30. The molecule has 3 N–H and O–H groups in total. The maximum absolute atomic E-state index is 13.1. The summed E-state index contributed by atoms with van der Waals surface area (Å²) < 4.78 is 5.59. The predicted molar refractivity (Wildman–Crippen MR) is 115 cm³/mol. The van der Waals surface area contributed by atoms with Crippen LogP contribution >= 0.6 is 23.2 Å². The van der Waals surface area contributed by atoms with Crippen LogP contribution in [0.2, 0.25) is 10.0 Å². The predicted octanol–water partition coefficient (Wildman–Crippen LogP) is 3.62. The van der Waals surface area contributed by atoms with Crippen molar-refractivity contribution in [2.24, 2.45) is 5.92 Å². The molecule has 1 amide bonds. The first kappa shape index (κ1) is 20.6. The van der Waals surface area contributed by atoms with Crippen molar-refractivity contribution in [1.82, 2.24) is 16.2 Å². The molecule has 5 nitrogen and oxygen atoms in total. The van der Waals surface area contributed by atoms with Gasteiger partial charge in [-0.25, -0.2) is 5.43 Å². The van der Waals surface area contributed by atoms with Crippen LogP contribution in [0.3, 0.4) is 0 Å². The average molecular weight is 434 g/mol. The smallest absolute Gasteiger partial charge is 0.226 e. The van der Waals surface area contributed by atoms with Crippen molar-refractivity contribution in [2.45, 2.75) is 24.3 Å². The summed E-state index contributed by atoms with van der Waals surface area (Å²) in [5.74, 6) is -0.164. The molecule has 2 aliphatic heterocycles. The van der Waals surface area contributed by atoms with Crippen molar-refractivity contribution in [2.75, 3.05) is 26.3 Å². The molecule has 154 valence electrons. The number of hydrazine groups is 1. The molecule has 2 aromatic rings. The van der Waals surface area contributed by atoms with Gasteiger partial charge in [-0.3, -0.25) is 10.2 Å². The van der Waals surface area contributed by atoms with Crippen molar-refractivity contribution < 1.29 is 9.53 Å². The van der Waals surface area contributed by atoms with Crippen LogP contribution in [0, 0.1) is 5.92 Å². The molecule has 2 fully saturated rings. The third-order valence-corrected chi connectivity index (χ3v) is 6.52. The molecular formula is C22H25Cl2N3O2. The van der Waals surface area contributed by atoms with Crippen molar-refractivity contribution in [3.05, 3.63) is 69.7 Å². The van der Waals surface area contributed by atoms with Crippen molar-refractivity contribution in [3.8, 4) is 0 Å². The van der Waals surface area contributed by atoms with E-state index in [1.165, 1.54) is 0 Å². The fourth-order valence-corrected chi connectivity index (χ4v) is 4.58. The van der Waals surface area contributed by atoms with Gasteiger partial charge in [0.15, 0.2) is 0 Å². The number of carbonyl (C=O) groups is 1. The van der Waals surface area contributed by atoms with E-state index >= 15 is 0 Å². The van der Waals surface area contributed by atoms with Crippen LogP contribution in [0.1, 0.15) is 30.0 Å². The Morgan fingerprint density at radius 3 is 2.59 bits per heavy atom. The molecule has 2 saturated heterocycles. The van der Waals surface area contributed by atoms with Gasteiger partial charge in [0.25, 0.3) is 0 Å². The number of ether oxygens (including phenoxy) is 1. The van der Waals surface area contributed by atoms with Crippen LogP contribution in [0.4, 0.5) is 0 Å². The molecule has 7 heteroatoms. The molecule has 29 heavy (non-hydrogen) atoms. The van der Waals surface area contributed by atoms with Gasteiger partial charge in [0.05, 0.1) is 12.0 Å². The Hall–Kier alpha value is -1.63. The van der Waals surface area contributed by atoms with Gasteiger partial charge >= 0.3 is 0 Å². The third kappa shape index (κ3) is 4.60. The Balaban J connectivity index is 1.48. The number of benzene rings is 2. The number of amides is 1. The summed E-state index contributed by atoms with van der Waals surface area (Å²) in [6, 6.07) is 15.5. The topological polar surface area (TPSA) is 62.4 Å². The van der Waals surface area contributed by atoms with E-state index in [4.69, 9.17) is 27.9 Å². The van der Waals surface area contributed by atoms with E-state index in [0.29, 0.717) is 36.3 Å². The lowest BCUT2D eigenvalue weighted by Gasteiger charge is -2.38. The Morgan fingerprint density at radius 1 is 1.10 bits per heavy atom. The molecule has 4 rings (SSSR count). The monoisotopic (exact) mass is 433 g/mol. The minimum absolute atomic E-state index is 0.0374. The highest BCUT2D eigenvalue weighted by Crippen LogP contribution is 2.36. The lowest BCUT2D eigenvalue weighted by molar-refractivity contribution is -0.125. The Morgan fingerprint density at radius 2 is 1.86 bits per heavy atom. The standard InChI is InChI=1S/C22H25Cl2N3O2/c23-17-6-4-15(5-7-17)20-19(13-26-27-20)21(28)25-14-22(8-10-29-11-9-22)16-2-1-3-18(24)12-16/h1-7,12,19-20,26-27H,8-11,13-14H2,(H,25,28). The van der Waals surface area contributed by atoms with Crippen LogP contribution in [-0.2, 0) is 14.9 Å². The summed E-state index contributed by atoms with van der Waals surface area (Å²) >= 11 is 12.2. The number of nitrogens with one attached hydrogen (secondary N) is 3. The van der Waals surface area contributed by atoms with Crippen LogP contribution < -0.4 is 16.2 Å². The summed E-state index contributed by atoms with van der Waals surface area (Å²) in [6.45, 7) is 2.51. The SMILES string of the molecule is O=C(NCC1(c2cccc(Cl)c2)CCOCC1)C1CNNC1c1ccc(Cl)cc1. The molecule has 0 aromatic heterocycles. The first-order chi connectivity index (χ1) is 14.1. The molecule has 2 atom stereocenters. The van der Waals surface area contributed by atoms with Gasteiger partial charge in [-0.1, -0.05) is 47.5 Å². The van der Waals surface area contributed by atoms with Crippen LogP contribution in [0.15, 0.2) is 48.5 Å². The van der Waals surface area contributed by atoms with Crippen LogP contribution in [0.5, 0.6) is 0 Å². The summed E-state index contributed by atoms with van der Waals surface area (Å²) in [6.07, 6.45) is 1.71. The van der Waals surface area contributed by atoms with Crippen molar-refractivity contribution in [1.29, 1.82) is 0 Å². The van der Waals surface area contributed by atoms with E-state index in [1.54, 1.807) is 0 Å². The number of carbonyl (C=O) groups excluding carboxylic acids is 1. The lowest BCUT2D eigenvalue weighted by Crippen LogP contribution is -2.47. The summed E-state index contributed by atoms with van der Waals surface area (Å²) in [5.41, 5.74) is 8.38. The lowest BCUT2D eigenvalue weighted by atomic mass is 9.74. The van der Waals surface area contributed by atoms with Crippen molar-refractivity contribution >= 4 is 29.1 Å². The number of halogens is 2. The highest BCUT2D eigenvalue weighted by Gasteiger charge is 2.38. The molecule has 0 saturated carbocycles. The first-order valence-corrected chi connectivity index (χ1v) is 10.7. The van der Waals surface area contributed by atoms with Gasteiger partial charge in [-0.15, -0.1) is 0 Å². The third-order valence-electron chi connectivity index (χ3n) is 6.04. The van der Waals surface area contributed by atoms with Crippen LogP contribution in [0.25, 0.3) is 0 Å². The van der Waals surface area contributed by atoms with Gasteiger partial charge in [-0.05, 0) is 48.2 Å². The summed E-state index contributed by atoms with van der Waals surface area (Å²) in [4.78, 5) is 13.1. The quantitative estimate of drug-likeness (QED) is 0.673. The maximum Gasteiger partial charge on any atom is 0.226 e. The van der Waals surface area contributed by atoms with E-state index in [2.05, 4.69) is 22.2 Å². The molecule has 0 radical (unpaired) electrons. The van der Waals surface area contributed by atoms with E-state index in [-0.39, 0.29) is 23.3 Å². The normalized spacial score (nSPS) is 23.7. The minimum Gasteiger partial charge on any atom is -0.381 e. The van der Waals surface area contributed by atoms with Gasteiger partial charge in [0, 0.05) is 41.8 Å². The second-order valence-electron chi connectivity index (χ2n) is 7.78. The van der Waals surface area contributed by atoms with Gasteiger partial charge in [0.2, 0.25) is 5.91 Å². The molecule has 0 aliphatic carbocycles. The van der Waals surface area contributed by atoms with Crippen molar-refractivity contribution in [3.63, 3.8) is 0 Å². The second-order valence-corrected chi connectivity index (χ2v) is 8.65. The maximum atomic E-state index is 13.1. The van der Waals surface area contributed by atoms with E-state index < -0.39 is 0 Å². The van der Waals surface area contributed by atoms with E-state index in [9.17, 15) is 4.79 Å². The Bertz CT molecular complexity index is 853. The fraction of sp³-hybridized carbons (Fsp3) is 0.409. The molecule has 2 heterocycles. The van der Waals surface area contributed by atoms with Gasteiger partial charge < -0.3 is 10.1 Å². The summed E-state index contributed by atoms with van der Waals surface area (Å²) in [5, 5.41) is 4.62. The molecule has 2 unspecified atom stereocenters.